The fraction of sp³-hybridized carbons (Fsp3) is 0.250. The maximum Gasteiger partial charge on any atom is 0.122 e. The molecule has 1 heterocycles. The molecule has 0 fully saturated rings. The zero-order chi connectivity index (χ0) is 11.7. The molecule has 0 aliphatic carbocycles. The van der Waals surface area contributed by atoms with Crippen LogP contribution in [0.15, 0.2) is 28.7 Å². The van der Waals surface area contributed by atoms with E-state index in [4.69, 9.17) is 0 Å². The van der Waals surface area contributed by atoms with Crippen LogP contribution in [0.3, 0.4) is 0 Å². The summed E-state index contributed by atoms with van der Waals surface area (Å²) >= 11 is 4.96. The normalized spacial score (nSPS) is 12.8. The summed E-state index contributed by atoms with van der Waals surface area (Å²) in [5, 5.41) is 10.3. The zero-order valence-electron chi connectivity index (χ0n) is 9.07. The molecule has 0 amide bonds. The van der Waals surface area contributed by atoms with Crippen molar-refractivity contribution in [2.75, 3.05) is 0 Å². The Balaban J connectivity index is 2.44. The van der Waals surface area contributed by atoms with Crippen LogP contribution in [0.25, 0.3) is 11.3 Å². The van der Waals surface area contributed by atoms with Crippen LogP contribution in [0.1, 0.15) is 22.9 Å². The number of halogens is 1. The summed E-state index contributed by atoms with van der Waals surface area (Å²) in [6.07, 6.45) is -0.493. The van der Waals surface area contributed by atoms with Crippen molar-refractivity contribution in [1.29, 1.82) is 0 Å². The molecule has 0 bridgehead atoms. The monoisotopic (exact) mass is 297 g/mol. The molecule has 0 radical (unpaired) electrons. The van der Waals surface area contributed by atoms with Crippen LogP contribution in [0, 0.1) is 6.92 Å². The van der Waals surface area contributed by atoms with Gasteiger partial charge in [-0.2, -0.15) is 0 Å². The maximum atomic E-state index is 9.49. The van der Waals surface area contributed by atoms with E-state index in [1.54, 1.807) is 18.3 Å². The van der Waals surface area contributed by atoms with Crippen LogP contribution < -0.4 is 0 Å². The Kier molecular flexibility index (Phi) is 3.42. The molecule has 1 aromatic carbocycles. The molecule has 0 saturated carbocycles. The molecule has 4 heteroatoms. The van der Waals surface area contributed by atoms with E-state index in [0.717, 1.165) is 25.6 Å². The average Bonchev–Trinajstić information content (AvgIpc) is 2.62. The van der Waals surface area contributed by atoms with E-state index >= 15 is 0 Å². The Morgan fingerprint density at radius 3 is 2.44 bits per heavy atom. The first-order valence-corrected chi connectivity index (χ1v) is 6.60. The van der Waals surface area contributed by atoms with Gasteiger partial charge >= 0.3 is 0 Å². The summed E-state index contributed by atoms with van der Waals surface area (Å²) < 4.78 is 1.06. The second-order valence-corrected chi connectivity index (χ2v) is 5.79. The van der Waals surface area contributed by atoms with Crippen LogP contribution in [-0.4, -0.2) is 10.1 Å². The average molecular weight is 298 g/mol. The predicted octanol–water partition coefficient (Wildman–Crippen LogP) is 3.93. The number of nitrogens with zero attached hydrogens (tertiary/aromatic N) is 1. The van der Waals surface area contributed by atoms with Gasteiger partial charge in [0.25, 0.3) is 0 Å². The highest BCUT2D eigenvalue weighted by Gasteiger charge is 2.12. The SMILES string of the molecule is Cc1sc(C(C)O)nc1-c1ccc(Br)cc1. The van der Waals surface area contributed by atoms with Gasteiger partial charge in [0.05, 0.1) is 5.69 Å². The summed E-state index contributed by atoms with van der Waals surface area (Å²) in [4.78, 5) is 5.60. The van der Waals surface area contributed by atoms with Gasteiger partial charge < -0.3 is 5.11 Å². The van der Waals surface area contributed by atoms with Gasteiger partial charge in [-0.05, 0) is 26.0 Å². The minimum atomic E-state index is -0.493. The van der Waals surface area contributed by atoms with Crippen molar-refractivity contribution >= 4 is 27.3 Å². The fourth-order valence-electron chi connectivity index (χ4n) is 1.47. The Morgan fingerprint density at radius 2 is 1.94 bits per heavy atom. The lowest BCUT2D eigenvalue weighted by Crippen LogP contribution is -1.89. The van der Waals surface area contributed by atoms with E-state index in [-0.39, 0.29) is 0 Å². The lowest BCUT2D eigenvalue weighted by Gasteiger charge is -1.99. The lowest BCUT2D eigenvalue weighted by molar-refractivity contribution is 0.199. The van der Waals surface area contributed by atoms with Crippen LogP contribution >= 0.6 is 27.3 Å². The highest BCUT2D eigenvalue weighted by molar-refractivity contribution is 9.10. The number of aliphatic hydroxyl groups excluding tert-OH is 1. The summed E-state index contributed by atoms with van der Waals surface area (Å²) in [7, 11) is 0. The van der Waals surface area contributed by atoms with Gasteiger partial charge in [-0.25, -0.2) is 4.98 Å². The number of aromatic nitrogens is 1. The van der Waals surface area contributed by atoms with Crippen LogP contribution in [0.5, 0.6) is 0 Å². The molecule has 0 saturated heterocycles. The number of rotatable bonds is 2. The smallest absolute Gasteiger partial charge is 0.122 e. The van der Waals surface area contributed by atoms with Crippen molar-refractivity contribution in [3.63, 3.8) is 0 Å². The minimum Gasteiger partial charge on any atom is -0.386 e. The molecule has 2 nitrogen and oxygen atoms in total. The number of benzene rings is 1. The van der Waals surface area contributed by atoms with E-state index in [2.05, 4.69) is 20.9 Å². The molecule has 1 aromatic heterocycles. The Labute approximate surface area is 107 Å². The molecule has 0 aliphatic heterocycles. The quantitative estimate of drug-likeness (QED) is 0.911. The molecule has 0 aliphatic rings. The van der Waals surface area contributed by atoms with E-state index in [1.165, 1.54) is 0 Å². The van der Waals surface area contributed by atoms with Crippen LogP contribution in [0.2, 0.25) is 0 Å². The van der Waals surface area contributed by atoms with Crippen LogP contribution in [0.4, 0.5) is 0 Å². The van der Waals surface area contributed by atoms with Crippen molar-refractivity contribution in [2.45, 2.75) is 20.0 Å². The van der Waals surface area contributed by atoms with Crippen molar-refractivity contribution in [3.8, 4) is 11.3 Å². The number of thiazole rings is 1. The van der Waals surface area contributed by atoms with Crippen molar-refractivity contribution in [1.82, 2.24) is 4.98 Å². The number of hydrogen-bond donors (Lipinski definition) is 1. The lowest BCUT2D eigenvalue weighted by atomic mass is 10.1. The summed E-state index contributed by atoms with van der Waals surface area (Å²) in [5.41, 5.74) is 2.05. The van der Waals surface area contributed by atoms with Gasteiger partial charge in [0.15, 0.2) is 0 Å². The van der Waals surface area contributed by atoms with Gasteiger partial charge in [0.2, 0.25) is 0 Å². The molecule has 2 aromatic rings. The molecule has 1 atom stereocenters. The van der Waals surface area contributed by atoms with Crippen LogP contribution in [-0.2, 0) is 0 Å². The van der Waals surface area contributed by atoms with Crippen molar-refractivity contribution < 1.29 is 5.11 Å². The van der Waals surface area contributed by atoms with Gasteiger partial charge in [0, 0.05) is 14.9 Å². The van der Waals surface area contributed by atoms with E-state index in [0.29, 0.717) is 0 Å². The Morgan fingerprint density at radius 1 is 1.31 bits per heavy atom. The highest BCUT2D eigenvalue weighted by atomic mass is 79.9. The molecule has 2 rings (SSSR count). The highest BCUT2D eigenvalue weighted by Crippen LogP contribution is 2.30. The predicted molar refractivity (Wildman–Crippen MR) is 70.6 cm³/mol. The van der Waals surface area contributed by atoms with Gasteiger partial charge in [-0.3, -0.25) is 0 Å². The van der Waals surface area contributed by atoms with E-state index in [9.17, 15) is 5.11 Å². The summed E-state index contributed by atoms with van der Waals surface area (Å²) in [6, 6.07) is 8.04. The van der Waals surface area contributed by atoms with Gasteiger partial charge in [-0.15, -0.1) is 11.3 Å². The third-order valence-corrected chi connectivity index (χ3v) is 3.96. The first kappa shape index (κ1) is 11.8. The zero-order valence-corrected chi connectivity index (χ0v) is 11.5. The molecule has 1 unspecified atom stereocenters. The second-order valence-electron chi connectivity index (χ2n) is 3.64. The molecule has 84 valence electrons. The summed E-state index contributed by atoms with van der Waals surface area (Å²) in [5.74, 6) is 0. The Bertz CT molecular complexity index is 490. The van der Waals surface area contributed by atoms with Gasteiger partial charge in [-0.1, -0.05) is 28.1 Å². The van der Waals surface area contributed by atoms with E-state index < -0.39 is 6.10 Å². The second kappa shape index (κ2) is 4.65. The third-order valence-electron chi connectivity index (χ3n) is 2.29. The molecule has 0 spiro atoms. The minimum absolute atomic E-state index is 0.493. The largest absolute Gasteiger partial charge is 0.386 e. The third kappa shape index (κ3) is 2.34. The number of aryl methyl sites for hydroxylation is 1. The molecular formula is C12H12BrNOS. The van der Waals surface area contributed by atoms with Gasteiger partial charge in [0.1, 0.15) is 11.1 Å². The topological polar surface area (TPSA) is 33.1 Å². The molecule has 16 heavy (non-hydrogen) atoms. The molecular weight excluding hydrogens is 286 g/mol. The number of aliphatic hydroxyl groups is 1. The van der Waals surface area contributed by atoms with Crippen molar-refractivity contribution in [3.05, 3.63) is 38.6 Å². The fourth-order valence-corrected chi connectivity index (χ4v) is 2.62. The first-order valence-electron chi connectivity index (χ1n) is 4.99. The maximum absolute atomic E-state index is 9.49. The number of hydrogen-bond acceptors (Lipinski definition) is 3. The summed E-state index contributed by atoms with van der Waals surface area (Å²) in [6.45, 7) is 3.77. The van der Waals surface area contributed by atoms with Crippen molar-refractivity contribution in [2.24, 2.45) is 0 Å². The Hall–Kier alpha value is -0.710. The van der Waals surface area contributed by atoms with E-state index in [1.807, 2.05) is 31.2 Å². The molecule has 1 N–H and O–H groups in total. The first-order chi connectivity index (χ1) is 7.58. The standard InChI is InChI=1S/C12H12BrNOS/c1-7(15)12-14-11(8(2)16-12)9-3-5-10(13)6-4-9/h3-7,15H,1-2H3.